The van der Waals surface area contributed by atoms with Gasteiger partial charge in [0.05, 0.1) is 12.2 Å². The molecule has 6 atom stereocenters. The van der Waals surface area contributed by atoms with E-state index in [1.165, 1.54) is 38.5 Å². The summed E-state index contributed by atoms with van der Waals surface area (Å²) in [5.74, 6) is 1.07. The highest BCUT2D eigenvalue weighted by Gasteiger charge is 2.67. The molecule has 0 amide bonds. The van der Waals surface area contributed by atoms with Crippen molar-refractivity contribution in [2.75, 3.05) is 6.61 Å². The van der Waals surface area contributed by atoms with Gasteiger partial charge in [-0.15, -0.1) is 0 Å². The van der Waals surface area contributed by atoms with Crippen LogP contribution in [0.3, 0.4) is 0 Å². The molecule has 23 heavy (non-hydrogen) atoms. The molecular formula is C20H34O3. The topological polar surface area (TPSA) is 49.8 Å². The molecule has 0 radical (unpaired) electrons. The minimum absolute atomic E-state index is 0.185. The third kappa shape index (κ3) is 2.73. The summed E-state index contributed by atoms with van der Waals surface area (Å²) < 4.78 is 6.04. The Morgan fingerprint density at radius 1 is 1.30 bits per heavy atom. The lowest BCUT2D eigenvalue weighted by Crippen LogP contribution is -2.56. The number of carboxylic acid groups (broad SMARTS) is 1. The Hall–Kier alpha value is -0.570. The molecule has 0 aromatic carbocycles. The van der Waals surface area contributed by atoms with Gasteiger partial charge >= 0.3 is 5.97 Å². The van der Waals surface area contributed by atoms with E-state index in [9.17, 15) is 4.79 Å². The highest BCUT2D eigenvalue weighted by molar-refractivity contribution is 5.66. The van der Waals surface area contributed by atoms with E-state index in [1.54, 1.807) is 0 Å². The van der Waals surface area contributed by atoms with Crippen molar-refractivity contribution in [2.45, 2.75) is 84.7 Å². The zero-order valence-corrected chi connectivity index (χ0v) is 15.4. The molecule has 2 saturated carbocycles. The average molecular weight is 322 g/mol. The summed E-state index contributed by atoms with van der Waals surface area (Å²) in [7, 11) is 0. The van der Waals surface area contributed by atoms with Crippen LogP contribution in [0, 0.1) is 28.6 Å². The minimum Gasteiger partial charge on any atom is -0.481 e. The van der Waals surface area contributed by atoms with Gasteiger partial charge in [0.25, 0.3) is 0 Å². The number of hydrogen-bond donors (Lipinski definition) is 1. The normalized spacial score (nSPS) is 47.1. The fourth-order valence-electron chi connectivity index (χ4n) is 6.10. The fraction of sp³-hybridized carbons (Fsp3) is 0.950. The Morgan fingerprint density at radius 2 is 2.00 bits per heavy atom. The van der Waals surface area contributed by atoms with Gasteiger partial charge in [0.1, 0.15) is 0 Å². The summed E-state index contributed by atoms with van der Waals surface area (Å²) in [4.78, 5) is 11.0. The summed E-state index contributed by atoms with van der Waals surface area (Å²) in [6, 6.07) is 0. The smallest absolute Gasteiger partial charge is 0.303 e. The number of epoxide rings is 1. The Balaban J connectivity index is 1.77. The molecule has 3 nitrogen and oxygen atoms in total. The number of carbonyl (C=O) groups is 1. The summed E-state index contributed by atoms with van der Waals surface area (Å²) >= 11 is 0. The van der Waals surface area contributed by atoms with E-state index in [4.69, 9.17) is 9.84 Å². The second kappa shape index (κ2) is 5.75. The first kappa shape index (κ1) is 17.3. The van der Waals surface area contributed by atoms with Crippen molar-refractivity contribution < 1.29 is 14.6 Å². The van der Waals surface area contributed by atoms with Crippen LogP contribution in [0.15, 0.2) is 0 Å². The van der Waals surface area contributed by atoms with E-state index in [2.05, 4.69) is 27.7 Å². The first-order chi connectivity index (χ1) is 10.7. The molecule has 1 N–H and O–H groups in total. The van der Waals surface area contributed by atoms with Gasteiger partial charge in [-0.2, -0.15) is 0 Å². The highest BCUT2D eigenvalue weighted by Crippen LogP contribution is 2.68. The van der Waals surface area contributed by atoms with Crippen LogP contribution in [0.4, 0.5) is 0 Å². The van der Waals surface area contributed by atoms with Crippen LogP contribution >= 0.6 is 0 Å². The van der Waals surface area contributed by atoms with Gasteiger partial charge in [0.2, 0.25) is 0 Å². The Labute approximate surface area is 141 Å². The first-order valence-electron chi connectivity index (χ1n) is 9.59. The van der Waals surface area contributed by atoms with Gasteiger partial charge < -0.3 is 9.84 Å². The zero-order chi connectivity index (χ0) is 16.9. The van der Waals surface area contributed by atoms with Gasteiger partial charge in [-0.05, 0) is 61.7 Å². The molecule has 0 bridgehead atoms. The number of hydrogen-bond acceptors (Lipinski definition) is 2. The van der Waals surface area contributed by atoms with Crippen LogP contribution in [-0.4, -0.2) is 23.3 Å². The quantitative estimate of drug-likeness (QED) is 0.733. The van der Waals surface area contributed by atoms with Crippen molar-refractivity contribution in [3.8, 4) is 0 Å². The molecule has 3 aliphatic rings. The van der Waals surface area contributed by atoms with E-state index in [1.807, 2.05) is 0 Å². The molecule has 1 heterocycles. The van der Waals surface area contributed by atoms with E-state index in [0.717, 1.165) is 24.9 Å². The van der Waals surface area contributed by atoms with Crippen LogP contribution < -0.4 is 0 Å². The molecule has 0 aromatic heterocycles. The van der Waals surface area contributed by atoms with Gasteiger partial charge in [0, 0.05) is 11.8 Å². The summed E-state index contributed by atoms with van der Waals surface area (Å²) in [6.45, 7) is 10.5. The van der Waals surface area contributed by atoms with Gasteiger partial charge in [-0.3, -0.25) is 4.79 Å². The zero-order valence-electron chi connectivity index (χ0n) is 15.4. The third-order valence-corrected chi connectivity index (χ3v) is 8.09. The summed E-state index contributed by atoms with van der Waals surface area (Å²) in [5, 5.41) is 9.03. The summed E-state index contributed by atoms with van der Waals surface area (Å²) in [6.07, 6.45) is 8.98. The molecule has 3 heteroatoms. The van der Waals surface area contributed by atoms with Gasteiger partial charge in [0.15, 0.2) is 0 Å². The molecule has 1 saturated heterocycles. The second-order valence-electron chi connectivity index (χ2n) is 9.33. The third-order valence-electron chi connectivity index (χ3n) is 8.09. The lowest BCUT2D eigenvalue weighted by Gasteiger charge is -2.60. The van der Waals surface area contributed by atoms with Crippen LogP contribution in [0.25, 0.3) is 0 Å². The molecule has 3 fully saturated rings. The lowest BCUT2D eigenvalue weighted by molar-refractivity contribution is -0.138. The molecule has 2 aliphatic carbocycles. The SMILES string of the molecule is CC(CCC1(C)C(C)CCC2(C)C1CCCC21CO1)CC(=O)O. The van der Waals surface area contributed by atoms with Crippen LogP contribution in [0.1, 0.15) is 79.1 Å². The first-order valence-corrected chi connectivity index (χ1v) is 9.59. The maximum absolute atomic E-state index is 11.0. The fourth-order valence-corrected chi connectivity index (χ4v) is 6.10. The summed E-state index contributed by atoms with van der Waals surface area (Å²) in [5.41, 5.74) is 0.853. The lowest BCUT2D eigenvalue weighted by atomic mass is 9.44. The van der Waals surface area contributed by atoms with E-state index in [0.29, 0.717) is 17.3 Å². The number of fused-ring (bicyclic) bond motifs is 2. The minimum atomic E-state index is -0.660. The maximum atomic E-state index is 11.0. The molecule has 1 aliphatic heterocycles. The molecule has 1 spiro atoms. The Morgan fingerprint density at radius 3 is 2.61 bits per heavy atom. The van der Waals surface area contributed by atoms with Crippen LogP contribution in [0.2, 0.25) is 0 Å². The molecule has 132 valence electrons. The van der Waals surface area contributed by atoms with Crippen molar-refractivity contribution in [3.63, 3.8) is 0 Å². The van der Waals surface area contributed by atoms with Crippen molar-refractivity contribution in [1.29, 1.82) is 0 Å². The number of ether oxygens (including phenoxy) is 1. The largest absolute Gasteiger partial charge is 0.481 e. The molecular weight excluding hydrogens is 288 g/mol. The van der Waals surface area contributed by atoms with Crippen molar-refractivity contribution in [1.82, 2.24) is 0 Å². The Kier molecular flexibility index (Phi) is 4.32. The van der Waals surface area contributed by atoms with E-state index < -0.39 is 5.97 Å². The van der Waals surface area contributed by atoms with Crippen molar-refractivity contribution >= 4 is 5.97 Å². The van der Waals surface area contributed by atoms with Gasteiger partial charge in [-0.25, -0.2) is 0 Å². The second-order valence-corrected chi connectivity index (χ2v) is 9.33. The van der Waals surface area contributed by atoms with Crippen molar-refractivity contribution in [2.24, 2.45) is 28.6 Å². The molecule has 3 rings (SSSR count). The van der Waals surface area contributed by atoms with Gasteiger partial charge in [-0.1, -0.05) is 34.1 Å². The standard InChI is InChI=1S/C20H34O3/c1-14(12-17(21)22)7-10-18(3)15(2)8-11-19(4)16(18)6-5-9-20(19)13-23-20/h14-16H,5-13H2,1-4H3,(H,21,22). The van der Waals surface area contributed by atoms with E-state index in [-0.39, 0.29) is 11.5 Å². The molecule has 6 unspecified atom stereocenters. The van der Waals surface area contributed by atoms with Crippen LogP contribution in [-0.2, 0) is 9.53 Å². The van der Waals surface area contributed by atoms with E-state index >= 15 is 0 Å². The predicted octanol–water partition coefficient (Wildman–Crippen LogP) is 4.89. The Bertz CT molecular complexity index is 470. The number of aliphatic carboxylic acids is 1. The maximum Gasteiger partial charge on any atom is 0.303 e. The van der Waals surface area contributed by atoms with Crippen LogP contribution in [0.5, 0.6) is 0 Å². The number of rotatable bonds is 5. The predicted molar refractivity (Wildman–Crippen MR) is 91.3 cm³/mol. The number of carboxylic acids is 1. The highest BCUT2D eigenvalue weighted by atomic mass is 16.6. The van der Waals surface area contributed by atoms with Crippen molar-refractivity contribution in [3.05, 3.63) is 0 Å². The molecule has 0 aromatic rings. The average Bonchev–Trinajstić information content (AvgIpc) is 3.25. The monoisotopic (exact) mass is 322 g/mol.